The largest absolute Gasteiger partial charge is 0.507 e. The molecular weight excluding hydrogens is 320 g/mol. The van der Waals surface area contributed by atoms with Crippen molar-refractivity contribution in [3.63, 3.8) is 0 Å². The van der Waals surface area contributed by atoms with Crippen LogP contribution < -0.4 is 0 Å². The fraction of sp³-hybridized carbons (Fsp3) is 0.0667. The third-order valence-corrected chi connectivity index (χ3v) is 3.84. The number of para-hydroxylation sites is 1. The van der Waals surface area contributed by atoms with Crippen LogP contribution in [0, 0.1) is 6.92 Å². The average molecular weight is 331 g/mol. The van der Waals surface area contributed by atoms with Crippen molar-refractivity contribution in [2.45, 2.75) is 6.92 Å². The molecule has 0 spiro atoms. The Kier molecular flexibility index (Phi) is 3.28. The highest BCUT2D eigenvalue weighted by Gasteiger charge is 2.13. The normalized spacial score (nSPS) is 10.7. The predicted octanol–water partition coefficient (Wildman–Crippen LogP) is 4.18. The zero-order valence-corrected chi connectivity index (χ0v) is 12.3. The molecule has 0 fully saturated rings. The highest BCUT2D eigenvalue weighted by atomic mass is 79.9. The van der Waals surface area contributed by atoms with Crippen molar-refractivity contribution in [3.8, 4) is 28.6 Å². The SMILES string of the molecule is Cc1ccc(-c2noc(-c3ccccc3O)n2)cc1Br. The van der Waals surface area contributed by atoms with Gasteiger partial charge in [0, 0.05) is 10.0 Å². The number of aromatic hydroxyl groups is 1. The number of hydrogen-bond donors (Lipinski definition) is 1. The summed E-state index contributed by atoms with van der Waals surface area (Å²) in [6, 6.07) is 12.7. The van der Waals surface area contributed by atoms with Crippen LogP contribution in [0.5, 0.6) is 5.75 Å². The van der Waals surface area contributed by atoms with Gasteiger partial charge in [0.25, 0.3) is 5.89 Å². The summed E-state index contributed by atoms with van der Waals surface area (Å²) in [6.07, 6.45) is 0. The second-order valence-electron chi connectivity index (χ2n) is 4.40. The van der Waals surface area contributed by atoms with Gasteiger partial charge in [-0.25, -0.2) is 0 Å². The first-order valence-corrected chi connectivity index (χ1v) is 6.83. The molecule has 2 aromatic carbocycles. The number of phenols is 1. The summed E-state index contributed by atoms with van der Waals surface area (Å²) >= 11 is 3.48. The summed E-state index contributed by atoms with van der Waals surface area (Å²) < 4.78 is 6.21. The van der Waals surface area contributed by atoms with Crippen molar-refractivity contribution < 1.29 is 9.63 Å². The van der Waals surface area contributed by atoms with E-state index >= 15 is 0 Å². The highest BCUT2D eigenvalue weighted by molar-refractivity contribution is 9.10. The van der Waals surface area contributed by atoms with Crippen LogP contribution in [0.2, 0.25) is 0 Å². The van der Waals surface area contributed by atoms with Gasteiger partial charge in [0.1, 0.15) is 5.75 Å². The van der Waals surface area contributed by atoms with Gasteiger partial charge in [-0.1, -0.05) is 45.4 Å². The van der Waals surface area contributed by atoms with Crippen LogP contribution >= 0.6 is 15.9 Å². The minimum absolute atomic E-state index is 0.118. The number of aryl methyl sites for hydroxylation is 1. The zero-order valence-electron chi connectivity index (χ0n) is 10.7. The average Bonchev–Trinajstić information content (AvgIpc) is 2.92. The number of halogens is 1. The molecule has 1 heterocycles. The molecule has 0 bridgehead atoms. The molecule has 4 nitrogen and oxygen atoms in total. The van der Waals surface area contributed by atoms with Crippen LogP contribution in [0.3, 0.4) is 0 Å². The monoisotopic (exact) mass is 330 g/mol. The van der Waals surface area contributed by atoms with Crippen LogP contribution in [-0.2, 0) is 0 Å². The number of rotatable bonds is 2. The molecule has 0 saturated heterocycles. The fourth-order valence-electron chi connectivity index (χ4n) is 1.84. The Morgan fingerprint density at radius 3 is 2.70 bits per heavy atom. The number of hydrogen-bond acceptors (Lipinski definition) is 4. The highest BCUT2D eigenvalue weighted by Crippen LogP contribution is 2.30. The second-order valence-corrected chi connectivity index (χ2v) is 5.26. The zero-order chi connectivity index (χ0) is 14.1. The van der Waals surface area contributed by atoms with Crippen LogP contribution in [0.25, 0.3) is 22.8 Å². The van der Waals surface area contributed by atoms with Gasteiger partial charge in [-0.2, -0.15) is 4.98 Å². The standard InChI is InChI=1S/C15H11BrN2O2/c1-9-6-7-10(8-12(9)16)14-17-15(20-18-14)11-4-2-3-5-13(11)19/h2-8,19H,1H3. The molecule has 0 atom stereocenters. The Morgan fingerprint density at radius 1 is 1.15 bits per heavy atom. The molecule has 0 amide bonds. The van der Waals surface area contributed by atoms with E-state index in [2.05, 4.69) is 26.1 Å². The summed E-state index contributed by atoms with van der Waals surface area (Å²) in [4.78, 5) is 4.32. The molecule has 1 aromatic heterocycles. The molecule has 0 aliphatic rings. The number of aromatic nitrogens is 2. The van der Waals surface area contributed by atoms with Crippen molar-refractivity contribution in [1.82, 2.24) is 10.1 Å². The maximum atomic E-state index is 9.79. The summed E-state index contributed by atoms with van der Waals surface area (Å²) in [6.45, 7) is 2.01. The van der Waals surface area contributed by atoms with Gasteiger partial charge in [0.2, 0.25) is 5.82 Å². The predicted molar refractivity (Wildman–Crippen MR) is 79.3 cm³/mol. The lowest BCUT2D eigenvalue weighted by Gasteiger charge is -1.99. The second kappa shape index (κ2) is 5.09. The van der Waals surface area contributed by atoms with Gasteiger partial charge < -0.3 is 9.63 Å². The first-order valence-electron chi connectivity index (χ1n) is 6.04. The topological polar surface area (TPSA) is 59.2 Å². The quantitative estimate of drug-likeness (QED) is 0.765. The van der Waals surface area contributed by atoms with Gasteiger partial charge >= 0.3 is 0 Å². The minimum atomic E-state index is 0.118. The molecule has 0 saturated carbocycles. The van der Waals surface area contributed by atoms with Crippen molar-refractivity contribution in [3.05, 3.63) is 52.5 Å². The van der Waals surface area contributed by atoms with Crippen LogP contribution in [-0.4, -0.2) is 15.2 Å². The van der Waals surface area contributed by atoms with Gasteiger partial charge in [0.05, 0.1) is 5.56 Å². The lowest BCUT2D eigenvalue weighted by Crippen LogP contribution is -1.83. The van der Waals surface area contributed by atoms with Crippen molar-refractivity contribution in [2.24, 2.45) is 0 Å². The molecule has 5 heteroatoms. The Labute approximate surface area is 124 Å². The third kappa shape index (κ3) is 2.32. The molecule has 20 heavy (non-hydrogen) atoms. The Morgan fingerprint density at radius 2 is 1.95 bits per heavy atom. The smallest absolute Gasteiger partial charge is 0.261 e. The third-order valence-electron chi connectivity index (χ3n) is 2.99. The minimum Gasteiger partial charge on any atom is -0.507 e. The molecule has 0 aliphatic carbocycles. The van der Waals surface area contributed by atoms with E-state index in [1.54, 1.807) is 24.3 Å². The van der Waals surface area contributed by atoms with Gasteiger partial charge in [0.15, 0.2) is 0 Å². The number of phenolic OH excluding ortho intramolecular Hbond substituents is 1. The molecule has 100 valence electrons. The molecule has 3 rings (SSSR count). The fourth-order valence-corrected chi connectivity index (χ4v) is 2.22. The summed E-state index contributed by atoms with van der Waals surface area (Å²) in [5.74, 6) is 0.909. The van der Waals surface area contributed by atoms with Crippen molar-refractivity contribution in [2.75, 3.05) is 0 Å². The Bertz CT molecular complexity index is 768. The lowest BCUT2D eigenvalue weighted by atomic mass is 10.1. The Balaban J connectivity index is 2.02. The number of benzene rings is 2. The van der Waals surface area contributed by atoms with E-state index in [1.807, 2.05) is 25.1 Å². The maximum absolute atomic E-state index is 9.79. The summed E-state index contributed by atoms with van der Waals surface area (Å²) in [5, 5.41) is 13.7. The van der Waals surface area contributed by atoms with E-state index in [0.717, 1.165) is 15.6 Å². The summed E-state index contributed by atoms with van der Waals surface area (Å²) in [5.41, 5.74) is 2.52. The first-order chi connectivity index (χ1) is 9.65. The Hall–Kier alpha value is -2.14. The molecule has 0 aliphatic heterocycles. The molecule has 3 aromatic rings. The van der Waals surface area contributed by atoms with E-state index in [9.17, 15) is 5.11 Å². The van der Waals surface area contributed by atoms with Crippen LogP contribution in [0.1, 0.15) is 5.56 Å². The van der Waals surface area contributed by atoms with Gasteiger partial charge in [-0.3, -0.25) is 0 Å². The first kappa shape index (κ1) is 12.9. The summed E-state index contributed by atoms with van der Waals surface area (Å²) in [7, 11) is 0. The van der Waals surface area contributed by atoms with Gasteiger partial charge in [-0.05, 0) is 30.7 Å². The molecule has 1 N–H and O–H groups in total. The van der Waals surface area contributed by atoms with Crippen LogP contribution in [0.4, 0.5) is 0 Å². The van der Waals surface area contributed by atoms with E-state index in [4.69, 9.17) is 4.52 Å². The number of nitrogens with zero attached hydrogens (tertiary/aromatic N) is 2. The molecule has 0 unspecified atom stereocenters. The van der Waals surface area contributed by atoms with E-state index in [-0.39, 0.29) is 5.75 Å². The van der Waals surface area contributed by atoms with Crippen LogP contribution in [0.15, 0.2) is 51.5 Å². The maximum Gasteiger partial charge on any atom is 0.261 e. The van der Waals surface area contributed by atoms with E-state index in [0.29, 0.717) is 17.3 Å². The van der Waals surface area contributed by atoms with E-state index in [1.165, 1.54) is 0 Å². The van der Waals surface area contributed by atoms with Crippen molar-refractivity contribution >= 4 is 15.9 Å². The van der Waals surface area contributed by atoms with Crippen molar-refractivity contribution in [1.29, 1.82) is 0 Å². The van der Waals surface area contributed by atoms with Gasteiger partial charge in [-0.15, -0.1) is 0 Å². The molecule has 0 radical (unpaired) electrons. The molecular formula is C15H11BrN2O2. The van der Waals surface area contributed by atoms with E-state index < -0.39 is 0 Å². The lowest BCUT2D eigenvalue weighted by molar-refractivity contribution is 0.426.